The van der Waals surface area contributed by atoms with Crippen LogP contribution >= 0.6 is 0 Å². The van der Waals surface area contributed by atoms with Gasteiger partial charge in [0.1, 0.15) is 11.9 Å². The zero-order valence-corrected chi connectivity index (χ0v) is 13.2. The van der Waals surface area contributed by atoms with E-state index in [0.29, 0.717) is 5.56 Å². The Morgan fingerprint density at radius 1 is 1.04 bits per heavy atom. The molecule has 128 valence electrons. The molecule has 3 rings (SSSR count). The van der Waals surface area contributed by atoms with E-state index in [1.54, 1.807) is 30.3 Å². The van der Waals surface area contributed by atoms with Crippen molar-refractivity contribution in [2.24, 2.45) is 0 Å². The van der Waals surface area contributed by atoms with Crippen molar-refractivity contribution in [1.29, 1.82) is 0 Å². The molecule has 1 saturated heterocycles. The summed E-state index contributed by atoms with van der Waals surface area (Å²) >= 11 is 0. The van der Waals surface area contributed by atoms with Crippen LogP contribution in [-0.2, 0) is 9.47 Å². The Labute approximate surface area is 139 Å². The molecule has 2 aromatic carbocycles. The highest BCUT2D eigenvalue weighted by Crippen LogP contribution is 2.41. The molecule has 2 aromatic rings. The molecule has 24 heavy (non-hydrogen) atoms. The average Bonchev–Trinajstić information content (AvgIpc) is 2.94. The Hall–Kier alpha value is -2.28. The number of aliphatic hydroxyl groups excluding tert-OH is 1. The monoisotopic (exact) mass is 332 g/mol. The van der Waals surface area contributed by atoms with Gasteiger partial charge in [-0.05, 0) is 35.4 Å². The lowest BCUT2D eigenvalue weighted by molar-refractivity contribution is -0.0346. The van der Waals surface area contributed by atoms with Gasteiger partial charge in [0.25, 0.3) is 0 Å². The van der Waals surface area contributed by atoms with E-state index in [-0.39, 0.29) is 29.8 Å². The van der Waals surface area contributed by atoms with Crippen LogP contribution in [0.3, 0.4) is 0 Å². The number of phenolic OH excluding ortho intramolecular Hbond substituents is 3. The summed E-state index contributed by atoms with van der Waals surface area (Å²) in [5.41, 5.74) is 1.46. The standard InChI is InChI=1S/C18H20O6/c1-23-17(11-4-7-13(20)14(21)8-11)18-16(15(22)9-24-18)10-2-5-12(19)6-3-10/h2-8,15-22H,9H2,1H3. The maximum atomic E-state index is 10.3. The van der Waals surface area contributed by atoms with Crippen molar-refractivity contribution in [3.05, 3.63) is 53.6 Å². The molecule has 0 amide bonds. The van der Waals surface area contributed by atoms with Crippen LogP contribution in [0.25, 0.3) is 0 Å². The normalized spacial score (nSPS) is 24.8. The van der Waals surface area contributed by atoms with Crippen molar-refractivity contribution < 1.29 is 29.9 Å². The molecule has 1 aliphatic rings. The van der Waals surface area contributed by atoms with E-state index in [9.17, 15) is 20.4 Å². The van der Waals surface area contributed by atoms with Gasteiger partial charge in [-0.15, -0.1) is 0 Å². The van der Waals surface area contributed by atoms with Crippen LogP contribution in [0.15, 0.2) is 42.5 Å². The number of methoxy groups -OCH3 is 1. The minimum atomic E-state index is -0.706. The van der Waals surface area contributed by atoms with Gasteiger partial charge in [-0.1, -0.05) is 18.2 Å². The van der Waals surface area contributed by atoms with E-state index in [0.717, 1.165) is 5.56 Å². The average molecular weight is 332 g/mol. The van der Waals surface area contributed by atoms with Crippen LogP contribution in [-0.4, -0.2) is 46.4 Å². The molecule has 0 aromatic heterocycles. The summed E-state index contributed by atoms with van der Waals surface area (Å²) in [7, 11) is 1.52. The Bertz CT molecular complexity index is 699. The number of rotatable bonds is 4. The number of hydrogen-bond acceptors (Lipinski definition) is 6. The fourth-order valence-electron chi connectivity index (χ4n) is 3.20. The summed E-state index contributed by atoms with van der Waals surface area (Å²) in [5, 5.41) is 39.0. The van der Waals surface area contributed by atoms with Gasteiger partial charge >= 0.3 is 0 Å². The van der Waals surface area contributed by atoms with Gasteiger partial charge in [-0.3, -0.25) is 0 Å². The minimum Gasteiger partial charge on any atom is -0.508 e. The van der Waals surface area contributed by atoms with Crippen LogP contribution in [0.1, 0.15) is 23.1 Å². The van der Waals surface area contributed by atoms with E-state index in [1.165, 1.54) is 19.2 Å². The number of ether oxygens (including phenoxy) is 2. The van der Waals surface area contributed by atoms with Crippen LogP contribution in [0.2, 0.25) is 0 Å². The van der Waals surface area contributed by atoms with Gasteiger partial charge in [0.2, 0.25) is 0 Å². The van der Waals surface area contributed by atoms with Crippen LogP contribution in [0, 0.1) is 0 Å². The van der Waals surface area contributed by atoms with Crippen molar-refractivity contribution in [3.8, 4) is 17.2 Å². The third-order valence-electron chi connectivity index (χ3n) is 4.39. The topological polar surface area (TPSA) is 99.4 Å². The van der Waals surface area contributed by atoms with E-state index >= 15 is 0 Å². The third-order valence-corrected chi connectivity index (χ3v) is 4.39. The second-order valence-electron chi connectivity index (χ2n) is 5.89. The van der Waals surface area contributed by atoms with Gasteiger partial charge in [0.15, 0.2) is 11.5 Å². The van der Waals surface area contributed by atoms with Gasteiger partial charge in [-0.25, -0.2) is 0 Å². The van der Waals surface area contributed by atoms with Crippen molar-refractivity contribution in [2.45, 2.75) is 24.2 Å². The zero-order chi connectivity index (χ0) is 17.3. The maximum Gasteiger partial charge on any atom is 0.157 e. The Balaban J connectivity index is 1.94. The molecule has 0 bridgehead atoms. The van der Waals surface area contributed by atoms with Gasteiger partial charge in [0.05, 0.1) is 18.8 Å². The molecular weight excluding hydrogens is 312 g/mol. The SMILES string of the molecule is COC(c1ccc(O)c(O)c1)C1OCC(O)C1c1ccc(O)cc1. The summed E-state index contributed by atoms with van der Waals surface area (Å²) in [6.07, 6.45) is -1.71. The lowest BCUT2D eigenvalue weighted by atomic mass is 9.86. The van der Waals surface area contributed by atoms with Crippen molar-refractivity contribution in [3.63, 3.8) is 0 Å². The molecule has 1 aliphatic heterocycles. The van der Waals surface area contributed by atoms with Crippen LogP contribution < -0.4 is 0 Å². The van der Waals surface area contributed by atoms with E-state index < -0.39 is 18.3 Å². The Kier molecular flexibility index (Phi) is 4.62. The molecule has 4 atom stereocenters. The van der Waals surface area contributed by atoms with Crippen molar-refractivity contribution in [2.75, 3.05) is 13.7 Å². The molecule has 6 nitrogen and oxygen atoms in total. The first-order chi connectivity index (χ1) is 11.5. The molecular formula is C18H20O6. The molecule has 0 aliphatic carbocycles. The predicted molar refractivity (Wildman–Crippen MR) is 86.1 cm³/mol. The van der Waals surface area contributed by atoms with Gasteiger partial charge in [-0.2, -0.15) is 0 Å². The van der Waals surface area contributed by atoms with Crippen LogP contribution in [0.4, 0.5) is 0 Å². The smallest absolute Gasteiger partial charge is 0.157 e. The third kappa shape index (κ3) is 3.03. The number of aromatic hydroxyl groups is 3. The van der Waals surface area contributed by atoms with Crippen molar-refractivity contribution >= 4 is 0 Å². The first-order valence-electron chi connectivity index (χ1n) is 7.64. The number of benzene rings is 2. The lowest BCUT2D eigenvalue weighted by Crippen LogP contribution is -2.28. The van der Waals surface area contributed by atoms with Gasteiger partial charge < -0.3 is 29.9 Å². The predicted octanol–water partition coefficient (Wildman–Crippen LogP) is 2.03. The second-order valence-corrected chi connectivity index (χ2v) is 5.89. The molecule has 1 heterocycles. The lowest BCUT2D eigenvalue weighted by Gasteiger charge is -2.28. The second kappa shape index (κ2) is 6.68. The van der Waals surface area contributed by atoms with Gasteiger partial charge in [0, 0.05) is 13.0 Å². The summed E-state index contributed by atoms with van der Waals surface area (Å²) in [6, 6.07) is 11.1. The summed E-state index contributed by atoms with van der Waals surface area (Å²) in [6.45, 7) is 0.167. The highest BCUT2D eigenvalue weighted by atomic mass is 16.5. The Morgan fingerprint density at radius 2 is 1.75 bits per heavy atom. The number of aliphatic hydroxyl groups is 1. The first-order valence-corrected chi connectivity index (χ1v) is 7.64. The molecule has 0 saturated carbocycles. The minimum absolute atomic E-state index is 0.149. The quantitative estimate of drug-likeness (QED) is 0.640. The first kappa shape index (κ1) is 16.6. The highest BCUT2D eigenvalue weighted by molar-refractivity contribution is 5.42. The molecule has 1 fully saturated rings. The van der Waals surface area contributed by atoms with Crippen molar-refractivity contribution in [1.82, 2.24) is 0 Å². The van der Waals surface area contributed by atoms with Crippen LogP contribution in [0.5, 0.6) is 17.2 Å². The Morgan fingerprint density at radius 3 is 2.38 bits per heavy atom. The molecule has 0 spiro atoms. The summed E-state index contributed by atoms with van der Waals surface area (Å²) < 4.78 is 11.3. The van der Waals surface area contributed by atoms with E-state index in [2.05, 4.69) is 0 Å². The van der Waals surface area contributed by atoms with E-state index in [4.69, 9.17) is 9.47 Å². The maximum absolute atomic E-state index is 10.3. The summed E-state index contributed by atoms with van der Waals surface area (Å²) in [4.78, 5) is 0. The number of hydrogen-bond donors (Lipinski definition) is 4. The molecule has 4 N–H and O–H groups in total. The number of phenols is 3. The highest BCUT2D eigenvalue weighted by Gasteiger charge is 2.42. The van der Waals surface area contributed by atoms with E-state index in [1.807, 2.05) is 0 Å². The molecule has 6 heteroatoms. The zero-order valence-electron chi connectivity index (χ0n) is 13.2. The molecule has 4 unspecified atom stereocenters. The largest absolute Gasteiger partial charge is 0.508 e. The summed E-state index contributed by atoms with van der Waals surface area (Å²) in [5.74, 6) is -0.646. The fourth-order valence-corrected chi connectivity index (χ4v) is 3.20. The molecule has 0 radical (unpaired) electrons. The fraction of sp³-hybridized carbons (Fsp3) is 0.333.